The summed E-state index contributed by atoms with van der Waals surface area (Å²) in [7, 11) is 0. The van der Waals surface area contributed by atoms with Crippen LogP contribution in [0.25, 0.3) is 0 Å². The lowest BCUT2D eigenvalue weighted by atomic mass is 9.85. The fraction of sp³-hybridized carbons (Fsp3) is 0.588. The van der Waals surface area contributed by atoms with E-state index in [1.54, 1.807) is 0 Å². The van der Waals surface area contributed by atoms with Crippen molar-refractivity contribution in [1.82, 2.24) is 5.32 Å². The average Bonchev–Trinajstić information content (AvgIpc) is 2.65. The lowest BCUT2D eigenvalue weighted by Gasteiger charge is -2.28. The van der Waals surface area contributed by atoms with Crippen molar-refractivity contribution in [2.24, 2.45) is 5.41 Å². The molecule has 0 saturated heterocycles. The number of halogens is 1. The van der Waals surface area contributed by atoms with Crippen LogP contribution in [-0.2, 0) is 16.0 Å². The van der Waals surface area contributed by atoms with Gasteiger partial charge in [0.15, 0.2) is 0 Å². The summed E-state index contributed by atoms with van der Waals surface area (Å²) in [4.78, 5) is 11.3. The van der Waals surface area contributed by atoms with Crippen LogP contribution in [-0.4, -0.2) is 19.1 Å². The smallest absolute Gasteiger partial charge is 0.305 e. The Hall–Kier alpha value is -1.06. The molecule has 1 aromatic rings. The van der Waals surface area contributed by atoms with Gasteiger partial charge in [-0.1, -0.05) is 31.5 Å². The van der Waals surface area contributed by atoms with Gasteiger partial charge >= 0.3 is 5.97 Å². The van der Waals surface area contributed by atoms with Crippen molar-refractivity contribution in [1.29, 1.82) is 0 Å². The maximum absolute atomic E-state index is 11.3. The van der Waals surface area contributed by atoms with Crippen LogP contribution in [0.2, 0.25) is 5.02 Å². The molecule has 0 heterocycles. The molecule has 0 amide bonds. The monoisotopic (exact) mass is 309 g/mol. The summed E-state index contributed by atoms with van der Waals surface area (Å²) in [5.41, 5.74) is 2.83. The van der Waals surface area contributed by atoms with Gasteiger partial charge in [0, 0.05) is 17.5 Å². The summed E-state index contributed by atoms with van der Waals surface area (Å²) >= 11 is 6.13. The number of ether oxygens (including phenoxy) is 1. The van der Waals surface area contributed by atoms with E-state index in [0.717, 1.165) is 24.4 Å². The first-order valence-electron chi connectivity index (χ1n) is 7.61. The number of carbonyl (C=O) groups is 1. The fourth-order valence-corrected chi connectivity index (χ4v) is 3.29. The van der Waals surface area contributed by atoms with Crippen molar-refractivity contribution in [2.45, 2.75) is 46.1 Å². The number of carbonyl (C=O) groups excluding carboxylic acids is 1. The molecular weight excluding hydrogens is 286 g/mol. The summed E-state index contributed by atoms with van der Waals surface area (Å²) in [5.74, 6) is -0.117. The predicted octanol–water partition coefficient (Wildman–Crippen LogP) is 3.90. The maximum atomic E-state index is 11.3. The lowest BCUT2D eigenvalue weighted by Crippen LogP contribution is -2.32. The standard InChI is InChI=1S/C17H24ClNO2/c1-4-21-15(20)6-5-9-19-16-14-10-13(18)8-7-12(14)11-17(16,2)3/h7-8,10,16,19H,4-6,9,11H2,1-3H3. The van der Waals surface area contributed by atoms with Gasteiger partial charge in [-0.2, -0.15) is 0 Å². The van der Waals surface area contributed by atoms with Gasteiger partial charge in [0.25, 0.3) is 0 Å². The van der Waals surface area contributed by atoms with Crippen molar-refractivity contribution in [3.8, 4) is 0 Å². The van der Waals surface area contributed by atoms with E-state index in [2.05, 4.69) is 31.3 Å². The minimum Gasteiger partial charge on any atom is -0.466 e. The molecule has 0 aromatic heterocycles. The Labute approximate surface area is 132 Å². The van der Waals surface area contributed by atoms with Crippen LogP contribution in [0.1, 0.15) is 50.8 Å². The second kappa shape index (κ2) is 6.80. The first-order valence-corrected chi connectivity index (χ1v) is 7.99. The molecule has 0 saturated carbocycles. The summed E-state index contributed by atoms with van der Waals surface area (Å²) in [6.07, 6.45) is 2.31. The van der Waals surface area contributed by atoms with Crippen LogP contribution in [0.5, 0.6) is 0 Å². The topological polar surface area (TPSA) is 38.3 Å². The fourth-order valence-electron chi connectivity index (χ4n) is 3.11. The summed E-state index contributed by atoms with van der Waals surface area (Å²) in [6, 6.07) is 6.43. The third-order valence-electron chi connectivity index (χ3n) is 4.06. The van der Waals surface area contributed by atoms with Crippen LogP contribution in [0.4, 0.5) is 0 Å². The Morgan fingerprint density at radius 2 is 2.24 bits per heavy atom. The average molecular weight is 310 g/mol. The molecule has 0 radical (unpaired) electrons. The second-order valence-electron chi connectivity index (χ2n) is 6.30. The van der Waals surface area contributed by atoms with Gasteiger partial charge in [-0.15, -0.1) is 0 Å². The number of rotatable bonds is 6. The van der Waals surface area contributed by atoms with E-state index in [1.807, 2.05) is 13.0 Å². The van der Waals surface area contributed by atoms with E-state index in [1.165, 1.54) is 11.1 Å². The number of esters is 1. The number of hydrogen-bond donors (Lipinski definition) is 1. The number of benzene rings is 1. The van der Waals surface area contributed by atoms with Crippen LogP contribution in [0, 0.1) is 5.41 Å². The van der Waals surface area contributed by atoms with E-state index < -0.39 is 0 Å². The molecule has 1 N–H and O–H groups in total. The summed E-state index contributed by atoms with van der Waals surface area (Å²) in [6.45, 7) is 7.62. The largest absolute Gasteiger partial charge is 0.466 e. The quantitative estimate of drug-likeness (QED) is 0.640. The van der Waals surface area contributed by atoms with Gasteiger partial charge < -0.3 is 10.1 Å². The van der Waals surface area contributed by atoms with Gasteiger partial charge in [0.2, 0.25) is 0 Å². The Kier molecular flexibility index (Phi) is 5.28. The molecule has 0 spiro atoms. The van der Waals surface area contributed by atoms with E-state index in [0.29, 0.717) is 13.0 Å². The molecule has 0 bridgehead atoms. The first-order chi connectivity index (χ1) is 9.94. The van der Waals surface area contributed by atoms with Crippen molar-refractivity contribution >= 4 is 17.6 Å². The minimum atomic E-state index is -0.117. The number of nitrogens with one attached hydrogen (secondary N) is 1. The Balaban J connectivity index is 1.93. The molecule has 0 aliphatic heterocycles. The molecule has 1 aliphatic carbocycles. The Bertz CT molecular complexity index is 514. The first kappa shape index (κ1) is 16.3. The highest BCUT2D eigenvalue weighted by Crippen LogP contribution is 2.45. The highest BCUT2D eigenvalue weighted by Gasteiger charge is 2.38. The molecule has 3 nitrogen and oxygen atoms in total. The Morgan fingerprint density at radius 1 is 1.48 bits per heavy atom. The molecule has 2 rings (SSSR count). The molecule has 0 fully saturated rings. The normalized spacial score (nSPS) is 19.3. The number of hydrogen-bond acceptors (Lipinski definition) is 3. The van der Waals surface area contributed by atoms with Crippen molar-refractivity contribution < 1.29 is 9.53 Å². The third kappa shape index (κ3) is 3.98. The Morgan fingerprint density at radius 3 is 2.95 bits per heavy atom. The second-order valence-corrected chi connectivity index (χ2v) is 6.74. The van der Waals surface area contributed by atoms with Gasteiger partial charge in [-0.25, -0.2) is 0 Å². The lowest BCUT2D eigenvalue weighted by molar-refractivity contribution is -0.143. The zero-order chi connectivity index (χ0) is 15.5. The summed E-state index contributed by atoms with van der Waals surface area (Å²) < 4.78 is 4.94. The zero-order valence-electron chi connectivity index (χ0n) is 13.0. The van der Waals surface area contributed by atoms with Crippen molar-refractivity contribution in [3.63, 3.8) is 0 Å². The molecule has 1 atom stereocenters. The predicted molar refractivity (Wildman–Crippen MR) is 85.5 cm³/mol. The van der Waals surface area contributed by atoms with E-state index in [9.17, 15) is 4.79 Å². The van der Waals surface area contributed by atoms with E-state index in [-0.39, 0.29) is 17.4 Å². The highest BCUT2D eigenvalue weighted by atomic mass is 35.5. The summed E-state index contributed by atoms with van der Waals surface area (Å²) in [5, 5.41) is 4.37. The molecule has 1 aliphatic rings. The van der Waals surface area contributed by atoms with Gasteiger partial charge in [-0.3, -0.25) is 4.79 Å². The van der Waals surface area contributed by atoms with Crippen molar-refractivity contribution in [3.05, 3.63) is 34.3 Å². The van der Waals surface area contributed by atoms with Gasteiger partial charge in [0.1, 0.15) is 0 Å². The minimum absolute atomic E-state index is 0.117. The SMILES string of the molecule is CCOC(=O)CCCNC1c2cc(Cl)ccc2CC1(C)C. The van der Waals surface area contributed by atoms with Crippen molar-refractivity contribution in [2.75, 3.05) is 13.2 Å². The third-order valence-corrected chi connectivity index (χ3v) is 4.29. The van der Waals surface area contributed by atoms with E-state index in [4.69, 9.17) is 16.3 Å². The van der Waals surface area contributed by atoms with Crippen LogP contribution in [0.15, 0.2) is 18.2 Å². The van der Waals surface area contributed by atoms with Crippen LogP contribution in [0.3, 0.4) is 0 Å². The van der Waals surface area contributed by atoms with E-state index >= 15 is 0 Å². The molecule has 4 heteroatoms. The maximum Gasteiger partial charge on any atom is 0.305 e. The molecule has 21 heavy (non-hydrogen) atoms. The van der Waals surface area contributed by atoms with Gasteiger partial charge in [0.05, 0.1) is 6.61 Å². The highest BCUT2D eigenvalue weighted by molar-refractivity contribution is 6.30. The van der Waals surface area contributed by atoms with Crippen LogP contribution < -0.4 is 5.32 Å². The zero-order valence-corrected chi connectivity index (χ0v) is 13.8. The molecule has 1 aromatic carbocycles. The van der Waals surface area contributed by atoms with Gasteiger partial charge in [-0.05, 0) is 55.0 Å². The van der Waals surface area contributed by atoms with Crippen LogP contribution >= 0.6 is 11.6 Å². The number of fused-ring (bicyclic) bond motifs is 1. The molecular formula is C17H24ClNO2. The molecule has 1 unspecified atom stereocenters. The molecule has 116 valence electrons.